The predicted octanol–water partition coefficient (Wildman–Crippen LogP) is 4.40. The molecule has 0 bridgehead atoms. The van der Waals surface area contributed by atoms with Crippen molar-refractivity contribution in [3.63, 3.8) is 0 Å². The van der Waals surface area contributed by atoms with Gasteiger partial charge in [0.2, 0.25) is 0 Å². The number of benzene rings is 2. The van der Waals surface area contributed by atoms with Gasteiger partial charge in [-0.15, -0.1) is 0 Å². The number of aryl methyl sites for hydroxylation is 2. The molecule has 30 heavy (non-hydrogen) atoms. The SMILES string of the molecule is Cc1cc2oc(C(=O)N3CCCC3c3nc4ccc(F)cc4[nH]3)cc(=O)c2cc1C. The largest absolute Gasteiger partial charge is 0.451 e. The van der Waals surface area contributed by atoms with Crippen LogP contribution in [-0.4, -0.2) is 27.3 Å². The van der Waals surface area contributed by atoms with E-state index >= 15 is 0 Å². The van der Waals surface area contributed by atoms with E-state index in [0.29, 0.717) is 34.4 Å². The molecule has 0 spiro atoms. The lowest BCUT2D eigenvalue weighted by Gasteiger charge is -2.22. The molecule has 152 valence electrons. The van der Waals surface area contributed by atoms with E-state index in [0.717, 1.165) is 24.0 Å². The number of aromatic nitrogens is 2. The first-order valence-corrected chi connectivity index (χ1v) is 9.92. The highest BCUT2D eigenvalue weighted by molar-refractivity contribution is 5.93. The molecule has 0 saturated carbocycles. The molecule has 2 aromatic carbocycles. The first-order valence-electron chi connectivity index (χ1n) is 9.92. The maximum Gasteiger partial charge on any atom is 0.290 e. The summed E-state index contributed by atoms with van der Waals surface area (Å²) in [6.07, 6.45) is 1.53. The predicted molar refractivity (Wildman–Crippen MR) is 111 cm³/mol. The molecule has 1 aliphatic heterocycles. The van der Waals surface area contributed by atoms with E-state index in [4.69, 9.17) is 4.42 Å². The number of carbonyl (C=O) groups excluding carboxylic acids is 1. The number of nitrogens with one attached hydrogen (secondary N) is 1. The van der Waals surface area contributed by atoms with Crippen LogP contribution in [0.2, 0.25) is 0 Å². The Kier molecular flexibility index (Phi) is 4.20. The molecule has 1 unspecified atom stereocenters. The molecule has 1 amide bonds. The van der Waals surface area contributed by atoms with Crippen molar-refractivity contribution < 1.29 is 13.6 Å². The van der Waals surface area contributed by atoms with Crippen molar-refractivity contribution in [1.82, 2.24) is 14.9 Å². The lowest BCUT2D eigenvalue weighted by molar-refractivity contribution is 0.0698. The van der Waals surface area contributed by atoms with Gasteiger partial charge < -0.3 is 14.3 Å². The van der Waals surface area contributed by atoms with Gasteiger partial charge in [-0.05, 0) is 68.1 Å². The lowest BCUT2D eigenvalue weighted by atomic mass is 10.1. The van der Waals surface area contributed by atoms with Crippen LogP contribution in [0.1, 0.15) is 46.4 Å². The standard InChI is InChI=1S/C23H20FN3O3/c1-12-8-15-19(28)11-21(30-20(15)9-13(12)2)23(29)27-7-3-4-18(27)22-25-16-6-5-14(24)10-17(16)26-22/h5-6,8-11,18H,3-4,7H2,1-2H3,(H,25,26). The summed E-state index contributed by atoms with van der Waals surface area (Å²) < 4.78 is 19.4. The molecule has 1 aliphatic rings. The van der Waals surface area contributed by atoms with E-state index in [2.05, 4.69) is 9.97 Å². The Bertz CT molecular complexity index is 1370. The summed E-state index contributed by atoms with van der Waals surface area (Å²) in [4.78, 5) is 35.2. The van der Waals surface area contributed by atoms with Gasteiger partial charge in [-0.25, -0.2) is 9.37 Å². The minimum absolute atomic E-state index is 0.0183. The molecular weight excluding hydrogens is 385 g/mol. The molecule has 6 nitrogen and oxygen atoms in total. The van der Waals surface area contributed by atoms with E-state index < -0.39 is 0 Å². The zero-order chi connectivity index (χ0) is 21.0. The van der Waals surface area contributed by atoms with E-state index in [9.17, 15) is 14.0 Å². The van der Waals surface area contributed by atoms with Crippen LogP contribution in [0.5, 0.6) is 0 Å². The van der Waals surface area contributed by atoms with Crippen molar-refractivity contribution in [2.75, 3.05) is 6.54 Å². The Hall–Kier alpha value is -3.48. The number of fused-ring (bicyclic) bond motifs is 2. The van der Waals surface area contributed by atoms with Crippen molar-refractivity contribution in [3.8, 4) is 0 Å². The van der Waals surface area contributed by atoms with E-state index in [-0.39, 0.29) is 29.0 Å². The zero-order valence-corrected chi connectivity index (χ0v) is 16.7. The van der Waals surface area contributed by atoms with Crippen LogP contribution in [0.3, 0.4) is 0 Å². The van der Waals surface area contributed by atoms with Crippen LogP contribution in [0.15, 0.2) is 45.6 Å². The van der Waals surface area contributed by atoms with Crippen LogP contribution in [0.25, 0.3) is 22.0 Å². The number of hydrogen-bond acceptors (Lipinski definition) is 4. The topological polar surface area (TPSA) is 79.2 Å². The van der Waals surface area contributed by atoms with Gasteiger partial charge in [0, 0.05) is 12.6 Å². The fourth-order valence-corrected chi connectivity index (χ4v) is 4.11. The van der Waals surface area contributed by atoms with Gasteiger partial charge in [0.25, 0.3) is 5.91 Å². The minimum atomic E-state index is -0.347. The molecule has 7 heteroatoms. The van der Waals surface area contributed by atoms with Gasteiger partial charge in [0.1, 0.15) is 17.2 Å². The van der Waals surface area contributed by atoms with E-state index in [1.54, 1.807) is 23.1 Å². The van der Waals surface area contributed by atoms with Crippen molar-refractivity contribution in [2.24, 2.45) is 0 Å². The number of carbonyl (C=O) groups is 1. The highest BCUT2D eigenvalue weighted by Crippen LogP contribution is 2.33. The number of nitrogens with zero attached hydrogens (tertiary/aromatic N) is 2. The maximum absolute atomic E-state index is 13.5. The summed E-state index contributed by atoms with van der Waals surface area (Å²) in [5.74, 6) is -0.0669. The van der Waals surface area contributed by atoms with Crippen LogP contribution in [-0.2, 0) is 0 Å². The summed E-state index contributed by atoms with van der Waals surface area (Å²) in [5.41, 5.74) is 3.39. The van der Waals surface area contributed by atoms with Crippen molar-refractivity contribution in [3.05, 3.63) is 75.2 Å². The molecule has 5 rings (SSSR count). The maximum atomic E-state index is 13.5. The third-order valence-corrected chi connectivity index (χ3v) is 5.85. The van der Waals surface area contributed by atoms with Gasteiger partial charge in [-0.3, -0.25) is 9.59 Å². The second-order valence-electron chi connectivity index (χ2n) is 7.85. The molecular formula is C23H20FN3O3. The second kappa shape index (κ2) is 6.79. The highest BCUT2D eigenvalue weighted by Gasteiger charge is 2.34. The fraction of sp³-hybridized carbons (Fsp3) is 0.261. The number of rotatable bonds is 2. The number of halogens is 1. The number of hydrogen-bond donors (Lipinski definition) is 1. The third kappa shape index (κ3) is 2.98. The molecule has 1 saturated heterocycles. The van der Waals surface area contributed by atoms with Crippen molar-refractivity contribution >= 4 is 27.9 Å². The van der Waals surface area contributed by atoms with Gasteiger partial charge in [0.15, 0.2) is 11.2 Å². The van der Waals surface area contributed by atoms with Gasteiger partial charge in [-0.2, -0.15) is 0 Å². The van der Waals surface area contributed by atoms with E-state index in [1.165, 1.54) is 18.2 Å². The van der Waals surface area contributed by atoms with Crippen LogP contribution in [0, 0.1) is 19.7 Å². The number of imidazole rings is 1. The summed E-state index contributed by atoms with van der Waals surface area (Å²) in [7, 11) is 0. The van der Waals surface area contributed by atoms with Crippen molar-refractivity contribution in [1.29, 1.82) is 0 Å². The molecule has 1 fully saturated rings. The third-order valence-electron chi connectivity index (χ3n) is 5.85. The second-order valence-corrected chi connectivity index (χ2v) is 7.85. The fourth-order valence-electron chi connectivity index (χ4n) is 4.11. The molecule has 2 aromatic heterocycles. The molecule has 1 atom stereocenters. The summed E-state index contributed by atoms with van der Waals surface area (Å²) in [5, 5.41) is 0.465. The Balaban J connectivity index is 1.53. The van der Waals surface area contributed by atoms with Gasteiger partial charge in [-0.1, -0.05) is 0 Å². The van der Waals surface area contributed by atoms with Crippen molar-refractivity contribution in [2.45, 2.75) is 32.7 Å². The summed E-state index contributed by atoms with van der Waals surface area (Å²) in [6.45, 7) is 4.40. The average molecular weight is 405 g/mol. The Morgan fingerprint density at radius 3 is 2.83 bits per heavy atom. The molecule has 0 aliphatic carbocycles. The highest BCUT2D eigenvalue weighted by atomic mass is 19.1. The van der Waals surface area contributed by atoms with E-state index in [1.807, 2.05) is 13.8 Å². The van der Waals surface area contributed by atoms with Crippen LogP contribution < -0.4 is 5.43 Å². The number of amides is 1. The van der Waals surface area contributed by atoms with Crippen LogP contribution in [0.4, 0.5) is 4.39 Å². The van der Waals surface area contributed by atoms with Crippen LogP contribution >= 0.6 is 0 Å². The van der Waals surface area contributed by atoms with Gasteiger partial charge in [0.05, 0.1) is 22.5 Å². The monoisotopic (exact) mass is 405 g/mol. The summed E-state index contributed by atoms with van der Waals surface area (Å²) >= 11 is 0. The normalized spacial score (nSPS) is 16.6. The Labute approximate surface area is 171 Å². The summed E-state index contributed by atoms with van der Waals surface area (Å²) in [6, 6.07) is 8.92. The smallest absolute Gasteiger partial charge is 0.290 e. The number of likely N-dealkylation sites (tertiary alicyclic amines) is 1. The van der Waals surface area contributed by atoms with Gasteiger partial charge >= 0.3 is 0 Å². The molecule has 0 radical (unpaired) electrons. The average Bonchev–Trinajstić information content (AvgIpc) is 3.35. The quantitative estimate of drug-likeness (QED) is 0.536. The molecule has 1 N–H and O–H groups in total. The zero-order valence-electron chi connectivity index (χ0n) is 16.7. The Morgan fingerprint density at radius 1 is 1.20 bits per heavy atom. The lowest BCUT2D eigenvalue weighted by Crippen LogP contribution is -2.31. The first kappa shape index (κ1) is 18.5. The first-order chi connectivity index (χ1) is 14.4. The molecule has 4 aromatic rings. The minimum Gasteiger partial charge on any atom is -0.451 e. The Morgan fingerprint density at radius 2 is 2.00 bits per heavy atom. The number of aromatic amines is 1. The number of H-pyrrole nitrogens is 1. The molecule has 3 heterocycles.